The third-order valence-corrected chi connectivity index (χ3v) is 8.45. The average Bonchev–Trinajstić information content (AvgIpc) is 3.08. The van der Waals surface area contributed by atoms with Crippen LogP contribution in [-0.2, 0) is 27.9 Å². The minimum absolute atomic E-state index is 0.0771. The summed E-state index contributed by atoms with van der Waals surface area (Å²) in [5, 5.41) is 12.6. The van der Waals surface area contributed by atoms with Gasteiger partial charge in [0.05, 0.1) is 13.2 Å². The van der Waals surface area contributed by atoms with E-state index >= 15 is 0 Å². The van der Waals surface area contributed by atoms with Crippen LogP contribution >= 0.6 is 7.82 Å². The number of allylic oxidation sites excluding steroid dienone is 10. The lowest BCUT2D eigenvalue weighted by Gasteiger charge is -2.15. The zero-order valence-corrected chi connectivity index (χ0v) is 31.5. The zero-order valence-electron chi connectivity index (χ0n) is 30.6. The molecule has 0 aliphatic heterocycles. The molecule has 9 nitrogen and oxygen atoms in total. The van der Waals surface area contributed by atoms with Gasteiger partial charge in [0, 0.05) is 19.4 Å². The summed E-state index contributed by atoms with van der Waals surface area (Å²) >= 11 is 0. The van der Waals surface area contributed by atoms with Gasteiger partial charge in [-0.2, -0.15) is 0 Å². The van der Waals surface area contributed by atoms with Crippen LogP contribution in [0.2, 0.25) is 0 Å². The summed E-state index contributed by atoms with van der Waals surface area (Å²) in [6, 6.07) is 0. The predicted molar refractivity (Wildman–Crippen MR) is 201 cm³/mol. The van der Waals surface area contributed by atoms with Crippen molar-refractivity contribution >= 4 is 19.7 Å². The Morgan fingerprint density at radius 2 is 1.16 bits per heavy atom. The van der Waals surface area contributed by atoms with Gasteiger partial charge in [-0.25, -0.2) is 4.57 Å². The molecule has 0 aliphatic rings. The highest BCUT2D eigenvalue weighted by Gasteiger charge is 2.23. The molecule has 0 aromatic heterocycles. The molecule has 0 aromatic rings. The number of aliphatic hydroxyl groups is 1. The standard InChI is InChI=1S/C39H68NO8P/c1-3-5-7-9-10-11-12-13-14-15-16-17-18-19-20-21-22-23-24-25-26-28-30-32-39(43)46-35-37(41)36-48-49(44,45)47-34-33-40-38(42)31-29-27-8-6-4-2/h5,7,10-11,13-14,16-17,19-20,37,41H,3-4,6,8-9,12,15,18,21-36H2,1-2H3,(H,40,42)(H,44,45)/b7-5-,11-10-,14-13-,17-16-,20-19-. The first-order chi connectivity index (χ1) is 23.8. The fourth-order valence-corrected chi connectivity index (χ4v) is 5.40. The van der Waals surface area contributed by atoms with Crippen molar-refractivity contribution in [2.45, 2.75) is 148 Å². The summed E-state index contributed by atoms with van der Waals surface area (Å²) in [7, 11) is -4.40. The van der Waals surface area contributed by atoms with Crippen LogP contribution in [0.5, 0.6) is 0 Å². The summed E-state index contributed by atoms with van der Waals surface area (Å²) in [5.74, 6) is -0.546. The highest BCUT2D eigenvalue weighted by atomic mass is 31.2. The molecule has 0 saturated heterocycles. The number of unbranched alkanes of at least 4 members (excludes halogenated alkanes) is 11. The lowest BCUT2D eigenvalue weighted by molar-refractivity contribution is -0.147. The van der Waals surface area contributed by atoms with E-state index in [1.54, 1.807) is 0 Å². The number of hydrogen-bond acceptors (Lipinski definition) is 7. The second kappa shape index (κ2) is 35.5. The first-order valence-electron chi connectivity index (χ1n) is 18.8. The summed E-state index contributed by atoms with van der Waals surface area (Å²) in [4.78, 5) is 33.5. The van der Waals surface area contributed by atoms with E-state index in [1.165, 1.54) is 19.3 Å². The van der Waals surface area contributed by atoms with Crippen molar-refractivity contribution in [1.29, 1.82) is 0 Å². The van der Waals surface area contributed by atoms with Gasteiger partial charge in [-0.05, 0) is 57.8 Å². The number of hydrogen-bond donors (Lipinski definition) is 3. The van der Waals surface area contributed by atoms with Gasteiger partial charge in [0.25, 0.3) is 0 Å². The minimum atomic E-state index is -4.40. The number of amides is 1. The molecular formula is C39H68NO8P. The van der Waals surface area contributed by atoms with Gasteiger partial charge in [-0.15, -0.1) is 0 Å². The van der Waals surface area contributed by atoms with Gasteiger partial charge in [-0.3, -0.25) is 18.6 Å². The van der Waals surface area contributed by atoms with E-state index in [2.05, 4.69) is 79.9 Å². The number of rotatable bonds is 34. The lowest BCUT2D eigenvalue weighted by Crippen LogP contribution is -2.27. The van der Waals surface area contributed by atoms with Crippen LogP contribution in [0.1, 0.15) is 142 Å². The third kappa shape index (κ3) is 36.8. The first kappa shape index (κ1) is 46.7. The topological polar surface area (TPSA) is 131 Å². The number of carbonyl (C=O) groups is 2. The van der Waals surface area contributed by atoms with E-state index in [9.17, 15) is 24.2 Å². The van der Waals surface area contributed by atoms with Crippen molar-refractivity contribution in [3.63, 3.8) is 0 Å². The Balaban J connectivity index is 3.63. The molecule has 3 N–H and O–H groups in total. The summed E-state index contributed by atoms with van der Waals surface area (Å²) in [5.41, 5.74) is 0. The molecule has 0 fully saturated rings. The van der Waals surface area contributed by atoms with Gasteiger partial charge in [0.15, 0.2) is 0 Å². The molecule has 282 valence electrons. The molecule has 0 aromatic carbocycles. The fraction of sp³-hybridized carbons (Fsp3) is 0.692. The van der Waals surface area contributed by atoms with Crippen molar-refractivity contribution in [1.82, 2.24) is 5.32 Å². The number of esters is 1. The van der Waals surface area contributed by atoms with Gasteiger partial charge >= 0.3 is 13.8 Å². The Morgan fingerprint density at radius 1 is 0.653 bits per heavy atom. The van der Waals surface area contributed by atoms with E-state index in [1.807, 2.05) is 0 Å². The minimum Gasteiger partial charge on any atom is -0.463 e. The Labute approximate surface area is 298 Å². The summed E-state index contributed by atoms with van der Waals surface area (Å²) < 4.78 is 26.6. The number of carbonyl (C=O) groups excluding carboxylic acids is 2. The van der Waals surface area contributed by atoms with E-state index in [4.69, 9.17) is 13.8 Å². The SMILES string of the molecule is CC/C=C\C/C=C\C/C=C\C/C=C\C/C=C\CCCCCCCCCC(=O)OCC(O)COP(=O)(O)OCCNC(=O)CCCCCCC. The quantitative estimate of drug-likeness (QED) is 0.0261. The van der Waals surface area contributed by atoms with Gasteiger partial charge in [-0.1, -0.05) is 132 Å². The molecule has 0 rings (SSSR count). The number of phosphoric ester groups is 1. The number of ether oxygens (including phenoxy) is 1. The highest BCUT2D eigenvalue weighted by Crippen LogP contribution is 2.42. The van der Waals surface area contributed by atoms with Crippen LogP contribution < -0.4 is 5.32 Å². The molecule has 2 unspecified atom stereocenters. The van der Waals surface area contributed by atoms with Crippen molar-refractivity contribution in [2.24, 2.45) is 0 Å². The van der Waals surface area contributed by atoms with Gasteiger partial charge < -0.3 is 20.1 Å². The third-order valence-electron chi connectivity index (χ3n) is 7.46. The largest absolute Gasteiger partial charge is 0.472 e. The van der Waals surface area contributed by atoms with E-state index in [-0.39, 0.29) is 32.1 Å². The van der Waals surface area contributed by atoms with Crippen LogP contribution in [0, 0.1) is 0 Å². The molecule has 0 spiro atoms. The van der Waals surface area contributed by atoms with Crippen LogP contribution in [-0.4, -0.2) is 54.3 Å². The molecule has 0 aliphatic carbocycles. The van der Waals surface area contributed by atoms with Crippen LogP contribution in [0.4, 0.5) is 0 Å². The maximum atomic E-state index is 12.0. The van der Waals surface area contributed by atoms with E-state index < -0.39 is 26.5 Å². The maximum absolute atomic E-state index is 12.0. The molecule has 0 saturated carbocycles. The monoisotopic (exact) mass is 709 g/mol. The zero-order chi connectivity index (χ0) is 36.1. The Morgan fingerprint density at radius 3 is 1.76 bits per heavy atom. The summed E-state index contributed by atoms with van der Waals surface area (Å²) in [6.07, 6.45) is 40.5. The fourth-order valence-electron chi connectivity index (χ4n) is 4.64. The van der Waals surface area contributed by atoms with Crippen molar-refractivity contribution in [3.05, 3.63) is 60.8 Å². The Hall–Kier alpha value is -2.29. The Bertz CT molecular complexity index is 992. The van der Waals surface area contributed by atoms with Crippen molar-refractivity contribution in [3.8, 4) is 0 Å². The number of phosphoric acid groups is 1. The predicted octanol–water partition coefficient (Wildman–Crippen LogP) is 9.76. The van der Waals surface area contributed by atoms with E-state index in [0.29, 0.717) is 6.42 Å². The molecule has 1 amide bonds. The lowest BCUT2D eigenvalue weighted by atomic mass is 10.1. The van der Waals surface area contributed by atoms with Gasteiger partial charge in [0.1, 0.15) is 12.7 Å². The van der Waals surface area contributed by atoms with Crippen LogP contribution in [0.25, 0.3) is 0 Å². The van der Waals surface area contributed by atoms with Crippen molar-refractivity contribution in [2.75, 3.05) is 26.4 Å². The first-order valence-corrected chi connectivity index (χ1v) is 20.3. The molecule has 0 heterocycles. The van der Waals surface area contributed by atoms with Crippen LogP contribution in [0.3, 0.4) is 0 Å². The average molecular weight is 710 g/mol. The Kier molecular flexibility index (Phi) is 33.9. The second-order valence-electron chi connectivity index (χ2n) is 12.2. The number of aliphatic hydroxyl groups excluding tert-OH is 1. The van der Waals surface area contributed by atoms with Crippen molar-refractivity contribution < 1.29 is 37.9 Å². The second-order valence-corrected chi connectivity index (χ2v) is 13.6. The normalized spacial score (nSPS) is 14.1. The summed E-state index contributed by atoms with van der Waals surface area (Å²) in [6.45, 7) is 3.30. The molecular weight excluding hydrogens is 641 g/mol. The molecule has 49 heavy (non-hydrogen) atoms. The molecule has 10 heteroatoms. The molecule has 0 radical (unpaired) electrons. The highest BCUT2D eigenvalue weighted by molar-refractivity contribution is 7.47. The molecule has 2 atom stereocenters. The van der Waals surface area contributed by atoms with E-state index in [0.717, 1.165) is 96.3 Å². The maximum Gasteiger partial charge on any atom is 0.472 e. The smallest absolute Gasteiger partial charge is 0.463 e. The van der Waals surface area contributed by atoms with Gasteiger partial charge in [0.2, 0.25) is 5.91 Å². The number of nitrogens with one attached hydrogen (secondary N) is 1. The van der Waals surface area contributed by atoms with Crippen LogP contribution in [0.15, 0.2) is 60.8 Å². The molecule has 0 bridgehead atoms.